The Labute approximate surface area is 226 Å². The highest BCUT2D eigenvalue weighted by Gasteiger charge is 2.32. The number of benzene rings is 1. The van der Waals surface area contributed by atoms with Crippen molar-refractivity contribution in [1.82, 2.24) is 31.2 Å². The van der Waals surface area contributed by atoms with Gasteiger partial charge in [-0.2, -0.15) is 0 Å². The summed E-state index contributed by atoms with van der Waals surface area (Å²) in [6, 6.07) is 10.4. The summed E-state index contributed by atoms with van der Waals surface area (Å²) in [5, 5.41) is 11.4. The van der Waals surface area contributed by atoms with Crippen molar-refractivity contribution in [3.63, 3.8) is 0 Å². The van der Waals surface area contributed by atoms with Crippen LogP contribution < -0.4 is 21.3 Å². The first-order valence-electron chi connectivity index (χ1n) is 13.1. The maximum atomic E-state index is 13.5. The molecule has 3 aromatic rings. The number of carbonyl (C=O) groups excluding carboxylic acids is 4. The summed E-state index contributed by atoms with van der Waals surface area (Å²) in [6.45, 7) is 4.02. The van der Waals surface area contributed by atoms with Crippen molar-refractivity contribution in [3.05, 3.63) is 77.8 Å². The van der Waals surface area contributed by atoms with E-state index in [-0.39, 0.29) is 17.5 Å². The third-order valence-corrected chi connectivity index (χ3v) is 6.57. The summed E-state index contributed by atoms with van der Waals surface area (Å²) in [4.78, 5) is 59.4. The minimum Gasteiger partial charge on any atom is -0.446 e. The van der Waals surface area contributed by atoms with Crippen LogP contribution in [0.3, 0.4) is 0 Å². The zero-order chi connectivity index (χ0) is 27.8. The standard InChI is InChI=1S/C28H34N6O5/c1-17(2)23-27(38)32-21(15-18-9-4-3-5-10-18)28-33-22(16-39-28)24(35)30-13-7-6-11-20(26(37)34-23)31-25(36)19-12-8-14-29-19/h3-5,8-10,12,14,16-17,20-21,23,29H,6-7,11,13,15H2,1-2H3,(H,30,35)(H,31,36)(H,32,38)(H,34,37)/t20-,21+,23-/m0/s1. The summed E-state index contributed by atoms with van der Waals surface area (Å²) >= 11 is 0. The molecule has 2 bridgehead atoms. The minimum absolute atomic E-state index is 0.120. The third kappa shape index (κ3) is 7.34. The van der Waals surface area contributed by atoms with Gasteiger partial charge in [-0.15, -0.1) is 0 Å². The number of nitrogens with zero attached hydrogens (tertiary/aromatic N) is 1. The monoisotopic (exact) mass is 534 g/mol. The van der Waals surface area contributed by atoms with Gasteiger partial charge in [0.1, 0.15) is 30.1 Å². The van der Waals surface area contributed by atoms with Crippen LogP contribution in [0, 0.1) is 5.92 Å². The van der Waals surface area contributed by atoms with Gasteiger partial charge in [-0.25, -0.2) is 4.98 Å². The van der Waals surface area contributed by atoms with E-state index in [1.807, 2.05) is 44.2 Å². The van der Waals surface area contributed by atoms with Crippen LogP contribution in [0.2, 0.25) is 0 Å². The fourth-order valence-corrected chi connectivity index (χ4v) is 4.39. The first-order valence-corrected chi connectivity index (χ1v) is 13.1. The largest absolute Gasteiger partial charge is 0.446 e. The van der Waals surface area contributed by atoms with Gasteiger partial charge in [0.25, 0.3) is 11.8 Å². The number of carbonyl (C=O) groups is 4. The van der Waals surface area contributed by atoms with E-state index >= 15 is 0 Å². The number of fused-ring (bicyclic) bond motifs is 2. The van der Waals surface area contributed by atoms with E-state index in [1.165, 1.54) is 6.26 Å². The van der Waals surface area contributed by atoms with E-state index in [0.717, 1.165) is 5.56 Å². The molecule has 5 N–H and O–H groups in total. The second kappa shape index (κ2) is 12.9. The van der Waals surface area contributed by atoms with Crippen molar-refractivity contribution in [2.75, 3.05) is 6.54 Å². The fraction of sp³-hybridized carbons (Fsp3) is 0.393. The molecule has 1 aliphatic heterocycles. The summed E-state index contributed by atoms with van der Waals surface area (Å²) < 4.78 is 5.63. The molecule has 0 aliphatic carbocycles. The van der Waals surface area contributed by atoms with Crippen LogP contribution >= 0.6 is 0 Å². The molecule has 0 saturated carbocycles. The number of hydrogen-bond acceptors (Lipinski definition) is 6. The molecule has 2 aromatic heterocycles. The topological polar surface area (TPSA) is 158 Å². The molecule has 1 aromatic carbocycles. The number of aromatic amines is 1. The Morgan fingerprint density at radius 3 is 2.56 bits per heavy atom. The highest BCUT2D eigenvalue weighted by atomic mass is 16.3. The Balaban J connectivity index is 1.60. The van der Waals surface area contributed by atoms with E-state index in [0.29, 0.717) is 37.9 Å². The van der Waals surface area contributed by atoms with Crippen molar-refractivity contribution in [3.8, 4) is 0 Å². The summed E-state index contributed by atoms with van der Waals surface area (Å²) in [7, 11) is 0. The van der Waals surface area contributed by atoms with Crippen LogP contribution in [0.4, 0.5) is 0 Å². The number of rotatable bonds is 5. The number of aromatic nitrogens is 2. The molecule has 0 spiro atoms. The molecule has 39 heavy (non-hydrogen) atoms. The quantitative estimate of drug-likeness (QED) is 0.338. The molecule has 0 radical (unpaired) electrons. The lowest BCUT2D eigenvalue weighted by Gasteiger charge is -2.27. The van der Waals surface area contributed by atoms with Gasteiger partial charge in [-0.05, 0) is 42.9 Å². The van der Waals surface area contributed by atoms with Gasteiger partial charge < -0.3 is 30.7 Å². The maximum absolute atomic E-state index is 13.5. The van der Waals surface area contributed by atoms with Crippen LogP contribution in [-0.4, -0.2) is 52.2 Å². The number of amides is 4. The first kappa shape index (κ1) is 27.6. The Morgan fingerprint density at radius 2 is 1.85 bits per heavy atom. The van der Waals surface area contributed by atoms with Crippen LogP contribution in [0.15, 0.2) is 59.3 Å². The average Bonchev–Trinajstić information content (AvgIpc) is 3.63. The summed E-state index contributed by atoms with van der Waals surface area (Å²) in [5.74, 6) is -1.76. The molecule has 0 unspecified atom stereocenters. The maximum Gasteiger partial charge on any atom is 0.273 e. The molecular formula is C28H34N6O5. The van der Waals surface area contributed by atoms with Crippen LogP contribution in [0.25, 0.3) is 0 Å². The van der Waals surface area contributed by atoms with Crippen molar-refractivity contribution in [2.45, 2.75) is 57.7 Å². The minimum atomic E-state index is -0.883. The van der Waals surface area contributed by atoms with Gasteiger partial charge in [0.05, 0.1) is 0 Å². The third-order valence-electron chi connectivity index (χ3n) is 6.57. The Morgan fingerprint density at radius 1 is 1.05 bits per heavy atom. The van der Waals surface area contributed by atoms with Crippen molar-refractivity contribution >= 4 is 23.6 Å². The smallest absolute Gasteiger partial charge is 0.273 e. The Kier molecular flexibility index (Phi) is 9.14. The predicted octanol–water partition coefficient (Wildman–Crippen LogP) is 2.26. The van der Waals surface area contributed by atoms with Gasteiger partial charge in [0.2, 0.25) is 17.7 Å². The normalized spacial score (nSPS) is 21.1. The Hall–Kier alpha value is -4.41. The van der Waals surface area contributed by atoms with E-state index in [2.05, 4.69) is 31.2 Å². The van der Waals surface area contributed by atoms with Gasteiger partial charge >= 0.3 is 0 Å². The molecule has 0 fully saturated rings. The molecule has 4 rings (SSSR count). The molecule has 11 heteroatoms. The molecule has 1 aliphatic rings. The highest BCUT2D eigenvalue weighted by Crippen LogP contribution is 2.20. The first-order chi connectivity index (χ1) is 18.8. The molecule has 0 saturated heterocycles. The number of hydrogen-bond donors (Lipinski definition) is 5. The van der Waals surface area contributed by atoms with Gasteiger partial charge in [0.15, 0.2) is 5.69 Å². The number of oxazole rings is 1. The zero-order valence-corrected chi connectivity index (χ0v) is 22.0. The average molecular weight is 535 g/mol. The predicted molar refractivity (Wildman–Crippen MR) is 143 cm³/mol. The van der Waals surface area contributed by atoms with Crippen LogP contribution in [-0.2, 0) is 16.0 Å². The van der Waals surface area contributed by atoms with E-state index in [1.54, 1.807) is 18.3 Å². The number of H-pyrrole nitrogens is 1. The van der Waals surface area contributed by atoms with Crippen molar-refractivity contribution < 1.29 is 23.6 Å². The second-order valence-corrected chi connectivity index (χ2v) is 9.91. The second-order valence-electron chi connectivity index (χ2n) is 9.91. The molecule has 11 nitrogen and oxygen atoms in total. The molecular weight excluding hydrogens is 500 g/mol. The molecule has 3 atom stereocenters. The van der Waals surface area contributed by atoms with E-state index < -0.39 is 41.8 Å². The van der Waals surface area contributed by atoms with E-state index in [4.69, 9.17) is 4.42 Å². The molecule has 206 valence electrons. The zero-order valence-electron chi connectivity index (χ0n) is 22.0. The SMILES string of the molecule is CC(C)[C@@H]1NC(=O)[C@@H](NC(=O)c2ccc[nH]2)CCCCNC(=O)c2coc(n2)[C@@H](Cc2ccccc2)NC1=O. The Bertz CT molecular complexity index is 1270. The van der Waals surface area contributed by atoms with Gasteiger partial charge in [-0.3, -0.25) is 19.2 Å². The van der Waals surface area contributed by atoms with Crippen molar-refractivity contribution in [1.29, 1.82) is 0 Å². The van der Waals surface area contributed by atoms with Crippen LogP contribution in [0.1, 0.15) is 71.6 Å². The lowest BCUT2D eigenvalue weighted by Crippen LogP contribution is -2.56. The number of nitrogens with one attached hydrogen (secondary N) is 5. The summed E-state index contributed by atoms with van der Waals surface area (Å²) in [5.41, 5.74) is 1.38. The summed E-state index contributed by atoms with van der Waals surface area (Å²) in [6.07, 6.45) is 4.71. The van der Waals surface area contributed by atoms with Crippen LogP contribution in [0.5, 0.6) is 0 Å². The van der Waals surface area contributed by atoms with Crippen molar-refractivity contribution in [2.24, 2.45) is 5.92 Å². The van der Waals surface area contributed by atoms with Gasteiger partial charge in [0, 0.05) is 19.2 Å². The lowest BCUT2D eigenvalue weighted by atomic mass is 10.00. The molecule has 3 heterocycles. The van der Waals surface area contributed by atoms with E-state index in [9.17, 15) is 19.2 Å². The fourth-order valence-electron chi connectivity index (χ4n) is 4.39. The highest BCUT2D eigenvalue weighted by molar-refractivity contribution is 5.97. The molecule has 4 amide bonds. The lowest BCUT2D eigenvalue weighted by molar-refractivity contribution is -0.131. The van der Waals surface area contributed by atoms with Gasteiger partial charge in [-0.1, -0.05) is 44.2 Å².